The SMILES string of the molecule is CB(OC(C)C)c1ccccc1. The zero-order valence-electron chi connectivity index (χ0n) is 7.95. The minimum absolute atomic E-state index is 0.200. The first-order valence-corrected chi connectivity index (χ1v) is 4.40. The Morgan fingerprint density at radius 3 is 2.25 bits per heavy atom. The largest absolute Gasteiger partial charge is 0.429 e. The lowest BCUT2D eigenvalue weighted by molar-refractivity contribution is 0.250. The molecule has 0 heterocycles. The van der Waals surface area contributed by atoms with Gasteiger partial charge in [0.2, 0.25) is 0 Å². The molecule has 0 saturated heterocycles. The van der Waals surface area contributed by atoms with E-state index in [2.05, 4.69) is 32.8 Å². The average molecular weight is 162 g/mol. The average Bonchev–Trinajstić information content (AvgIpc) is 2.05. The van der Waals surface area contributed by atoms with Gasteiger partial charge in [0.25, 0.3) is 0 Å². The van der Waals surface area contributed by atoms with Crippen molar-refractivity contribution in [3.63, 3.8) is 0 Å². The lowest BCUT2D eigenvalue weighted by atomic mass is 9.63. The highest BCUT2D eigenvalue weighted by atomic mass is 16.4. The number of hydrogen-bond donors (Lipinski definition) is 0. The van der Waals surface area contributed by atoms with Crippen molar-refractivity contribution < 1.29 is 4.65 Å². The van der Waals surface area contributed by atoms with Gasteiger partial charge >= 0.3 is 6.92 Å². The van der Waals surface area contributed by atoms with Gasteiger partial charge in [0, 0.05) is 6.10 Å². The minimum Gasteiger partial charge on any atom is -0.429 e. The van der Waals surface area contributed by atoms with E-state index in [1.54, 1.807) is 0 Å². The smallest absolute Gasteiger partial charge is 0.323 e. The molecular weight excluding hydrogens is 147 g/mol. The van der Waals surface area contributed by atoms with E-state index in [9.17, 15) is 0 Å². The van der Waals surface area contributed by atoms with Crippen LogP contribution < -0.4 is 5.46 Å². The van der Waals surface area contributed by atoms with Crippen molar-refractivity contribution in [2.75, 3.05) is 0 Å². The summed E-state index contributed by atoms with van der Waals surface area (Å²) in [5.74, 6) is 0. The molecule has 0 amide bonds. The topological polar surface area (TPSA) is 9.23 Å². The monoisotopic (exact) mass is 162 g/mol. The van der Waals surface area contributed by atoms with Gasteiger partial charge in [0.1, 0.15) is 0 Å². The molecule has 0 fully saturated rings. The lowest BCUT2D eigenvalue weighted by Crippen LogP contribution is -2.32. The molecule has 2 heteroatoms. The second kappa shape index (κ2) is 4.32. The fraction of sp³-hybridized carbons (Fsp3) is 0.400. The Morgan fingerprint density at radius 2 is 1.75 bits per heavy atom. The fourth-order valence-electron chi connectivity index (χ4n) is 1.21. The molecule has 0 saturated carbocycles. The Hall–Kier alpha value is -0.755. The number of benzene rings is 1. The standard InChI is InChI=1S/C10H15BO/c1-9(2)12-11(3)10-7-5-4-6-8-10/h4-9H,1-3H3. The number of rotatable bonds is 3. The maximum absolute atomic E-state index is 5.64. The molecule has 0 aromatic heterocycles. The van der Waals surface area contributed by atoms with Crippen LogP contribution in [-0.4, -0.2) is 13.0 Å². The van der Waals surface area contributed by atoms with Crippen molar-refractivity contribution in [2.24, 2.45) is 0 Å². The van der Waals surface area contributed by atoms with Gasteiger partial charge in [-0.25, -0.2) is 0 Å². The van der Waals surface area contributed by atoms with E-state index in [-0.39, 0.29) is 6.92 Å². The summed E-state index contributed by atoms with van der Waals surface area (Å²) in [6.07, 6.45) is 0.292. The highest BCUT2D eigenvalue weighted by Gasteiger charge is 2.11. The van der Waals surface area contributed by atoms with E-state index in [0.29, 0.717) is 6.10 Å². The summed E-state index contributed by atoms with van der Waals surface area (Å²) in [5, 5.41) is 0. The van der Waals surface area contributed by atoms with E-state index in [4.69, 9.17) is 4.65 Å². The molecule has 64 valence electrons. The summed E-state index contributed by atoms with van der Waals surface area (Å²) in [4.78, 5) is 0. The number of hydrogen-bond acceptors (Lipinski definition) is 1. The minimum atomic E-state index is 0.200. The van der Waals surface area contributed by atoms with E-state index in [0.717, 1.165) is 0 Å². The molecule has 0 atom stereocenters. The van der Waals surface area contributed by atoms with Gasteiger partial charge in [-0.3, -0.25) is 0 Å². The third kappa shape index (κ3) is 2.70. The predicted octanol–water partition coefficient (Wildman–Crippen LogP) is 1.94. The zero-order chi connectivity index (χ0) is 8.97. The highest BCUT2D eigenvalue weighted by molar-refractivity contribution is 6.66. The molecule has 0 aliphatic rings. The molecule has 0 aliphatic heterocycles. The normalized spacial score (nSPS) is 10.3. The van der Waals surface area contributed by atoms with Gasteiger partial charge in [-0.2, -0.15) is 0 Å². The van der Waals surface area contributed by atoms with Crippen LogP contribution in [0.5, 0.6) is 0 Å². The molecule has 0 N–H and O–H groups in total. The maximum Gasteiger partial charge on any atom is 0.323 e. The quantitative estimate of drug-likeness (QED) is 0.617. The van der Waals surface area contributed by atoms with Gasteiger partial charge in [0.05, 0.1) is 0 Å². The molecule has 1 aromatic rings. The van der Waals surface area contributed by atoms with Crippen molar-refractivity contribution in [3.05, 3.63) is 30.3 Å². The fourth-order valence-corrected chi connectivity index (χ4v) is 1.21. The predicted molar refractivity (Wildman–Crippen MR) is 53.9 cm³/mol. The molecule has 0 aliphatic carbocycles. The summed E-state index contributed by atoms with van der Waals surface area (Å²) in [5.41, 5.74) is 1.24. The summed E-state index contributed by atoms with van der Waals surface area (Å²) >= 11 is 0. The van der Waals surface area contributed by atoms with Crippen LogP contribution in [0.3, 0.4) is 0 Å². The third-order valence-corrected chi connectivity index (χ3v) is 1.75. The third-order valence-electron chi connectivity index (χ3n) is 1.75. The Balaban J connectivity index is 2.59. The second-order valence-corrected chi connectivity index (χ2v) is 3.24. The molecule has 12 heavy (non-hydrogen) atoms. The molecule has 1 aromatic carbocycles. The molecular formula is C10H15BO. The summed E-state index contributed by atoms with van der Waals surface area (Å²) in [6, 6.07) is 10.3. The first kappa shape index (κ1) is 9.33. The molecule has 1 nitrogen and oxygen atoms in total. The van der Waals surface area contributed by atoms with Crippen LogP contribution in [0.15, 0.2) is 30.3 Å². The summed E-state index contributed by atoms with van der Waals surface area (Å²) in [6.45, 7) is 6.39. The van der Waals surface area contributed by atoms with Crippen LogP contribution in [-0.2, 0) is 4.65 Å². The van der Waals surface area contributed by atoms with E-state index < -0.39 is 0 Å². The summed E-state index contributed by atoms with van der Waals surface area (Å²) < 4.78 is 5.64. The van der Waals surface area contributed by atoms with Gasteiger partial charge in [-0.05, 0) is 19.3 Å². The van der Waals surface area contributed by atoms with Crippen LogP contribution in [0.1, 0.15) is 13.8 Å². The van der Waals surface area contributed by atoms with E-state index in [1.165, 1.54) is 5.46 Å². The molecule has 0 bridgehead atoms. The Morgan fingerprint density at radius 1 is 1.17 bits per heavy atom. The van der Waals surface area contributed by atoms with E-state index in [1.807, 2.05) is 18.2 Å². The van der Waals surface area contributed by atoms with Crippen LogP contribution in [0.25, 0.3) is 0 Å². The maximum atomic E-state index is 5.64. The van der Waals surface area contributed by atoms with Crippen molar-refractivity contribution in [2.45, 2.75) is 26.8 Å². The first-order valence-electron chi connectivity index (χ1n) is 4.40. The van der Waals surface area contributed by atoms with Gasteiger partial charge < -0.3 is 4.65 Å². The summed E-state index contributed by atoms with van der Waals surface area (Å²) in [7, 11) is 0. The highest BCUT2D eigenvalue weighted by Crippen LogP contribution is 1.94. The van der Waals surface area contributed by atoms with Crippen molar-refractivity contribution >= 4 is 12.4 Å². The van der Waals surface area contributed by atoms with Crippen LogP contribution >= 0.6 is 0 Å². The van der Waals surface area contributed by atoms with Gasteiger partial charge in [-0.15, -0.1) is 0 Å². The molecule has 1 rings (SSSR count). The van der Waals surface area contributed by atoms with Gasteiger partial charge in [-0.1, -0.05) is 37.2 Å². The Bertz CT molecular complexity index is 221. The zero-order valence-corrected chi connectivity index (χ0v) is 7.95. The van der Waals surface area contributed by atoms with Gasteiger partial charge in [0.15, 0.2) is 0 Å². The van der Waals surface area contributed by atoms with Crippen molar-refractivity contribution in [1.29, 1.82) is 0 Å². The van der Waals surface area contributed by atoms with Crippen LogP contribution in [0, 0.1) is 0 Å². The molecule has 0 unspecified atom stereocenters. The molecule has 0 radical (unpaired) electrons. The first-order chi connectivity index (χ1) is 5.70. The van der Waals surface area contributed by atoms with Crippen LogP contribution in [0.2, 0.25) is 6.82 Å². The van der Waals surface area contributed by atoms with Crippen molar-refractivity contribution in [3.8, 4) is 0 Å². The Labute approximate surface area is 74.9 Å². The molecule has 0 spiro atoms. The second-order valence-electron chi connectivity index (χ2n) is 3.24. The lowest BCUT2D eigenvalue weighted by Gasteiger charge is -2.12. The van der Waals surface area contributed by atoms with Crippen molar-refractivity contribution in [1.82, 2.24) is 0 Å². The van der Waals surface area contributed by atoms with Crippen LogP contribution in [0.4, 0.5) is 0 Å². The van der Waals surface area contributed by atoms with E-state index >= 15 is 0 Å². The Kier molecular flexibility index (Phi) is 3.36.